The van der Waals surface area contributed by atoms with E-state index in [4.69, 9.17) is 5.73 Å². The number of aromatic nitrogens is 1. The number of hydrogen-bond acceptors (Lipinski definition) is 4. The average molecular weight is 319 g/mol. The zero-order valence-electron chi connectivity index (χ0n) is 12.7. The zero-order chi connectivity index (χ0) is 16.2. The van der Waals surface area contributed by atoms with E-state index in [1.807, 2.05) is 24.3 Å². The molecule has 1 aromatic carbocycles. The summed E-state index contributed by atoms with van der Waals surface area (Å²) in [7, 11) is -3.58. The Bertz CT molecular complexity index is 698. The molecular formula is C16H21N3O2S. The molecule has 1 aromatic heterocycles. The van der Waals surface area contributed by atoms with Crippen molar-refractivity contribution in [1.29, 1.82) is 0 Å². The standard InChI is InChI=1S/C16H21N3O2S/c1-12(2)13-5-7-14(8-6-13)16(17)11-19-22(20,21)15-4-3-9-18-10-15/h3-10,12,16,19H,11,17H2,1-2H3/t16-/m1/s1. The average Bonchev–Trinajstić information content (AvgIpc) is 2.53. The molecule has 5 nitrogen and oxygen atoms in total. The summed E-state index contributed by atoms with van der Waals surface area (Å²) in [6.45, 7) is 4.38. The minimum Gasteiger partial charge on any atom is -0.323 e. The van der Waals surface area contributed by atoms with Crippen LogP contribution in [0.1, 0.15) is 36.9 Å². The van der Waals surface area contributed by atoms with Crippen molar-refractivity contribution in [3.63, 3.8) is 0 Å². The van der Waals surface area contributed by atoms with Crippen LogP contribution in [0.4, 0.5) is 0 Å². The SMILES string of the molecule is CC(C)c1ccc([C@H](N)CNS(=O)(=O)c2cccnc2)cc1. The molecule has 0 unspecified atom stereocenters. The third kappa shape index (κ3) is 4.13. The van der Waals surface area contributed by atoms with Crippen molar-refractivity contribution >= 4 is 10.0 Å². The highest BCUT2D eigenvalue weighted by atomic mass is 32.2. The Morgan fingerprint density at radius 2 is 1.77 bits per heavy atom. The second-order valence-electron chi connectivity index (χ2n) is 5.47. The summed E-state index contributed by atoms with van der Waals surface area (Å²) in [4.78, 5) is 3.95. The molecule has 2 rings (SSSR count). The van der Waals surface area contributed by atoms with Crippen molar-refractivity contribution in [1.82, 2.24) is 9.71 Å². The Hall–Kier alpha value is -1.76. The summed E-state index contributed by atoms with van der Waals surface area (Å²) >= 11 is 0. The molecule has 6 heteroatoms. The lowest BCUT2D eigenvalue weighted by Gasteiger charge is -2.14. The number of benzene rings is 1. The first-order valence-corrected chi connectivity index (χ1v) is 8.63. The highest BCUT2D eigenvalue weighted by Crippen LogP contribution is 2.17. The van der Waals surface area contributed by atoms with Crippen molar-refractivity contribution in [2.45, 2.75) is 30.7 Å². The summed E-state index contributed by atoms with van der Waals surface area (Å²) < 4.78 is 26.7. The number of pyridine rings is 1. The lowest BCUT2D eigenvalue weighted by molar-refractivity contribution is 0.572. The Morgan fingerprint density at radius 1 is 1.14 bits per heavy atom. The van der Waals surface area contributed by atoms with E-state index in [0.717, 1.165) is 5.56 Å². The van der Waals surface area contributed by atoms with Crippen LogP contribution in [0.15, 0.2) is 53.7 Å². The molecular weight excluding hydrogens is 298 g/mol. The maximum Gasteiger partial charge on any atom is 0.242 e. The van der Waals surface area contributed by atoms with Crippen molar-refractivity contribution in [3.8, 4) is 0 Å². The van der Waals surface area contributed by atoms with Crippen LogP contribution in [-0.2, 0) is 10.0 Å². The maximum absolute atomic E-state index is 12.1. The van der Waals surface area contributed by atoms with Crippen molar-refractivity contribution < 1.29 is 8.42 Å². The number of nitrogens with two attached hydrogens (primary N) is 1. The molecule has 3 N–H and O–H groups in total. The number of sulfonamides is 1. The lowest BCUT2D eigenvalue weighted by Crippen LogP contribution is -2.32. The monoisotopic (exact) mass is 319 g/mol. The van der Waals surface area contributed by atoms with Gasteiger partial charge < -0.3 is 5.73 Å². The second-order valence-corrected chi connectivity index (χ2v) is 7.24. The van der Waals surface area contributed by atoms with E-state index in [9.17, 15) is 8.42 Å². The van der Waals surface area contributed by atoms with Crippen LogP contribution in [-0.4, -0.2) is 19.9 Å². The van der Waals surface area contributed by atoms with Gasteiger partial charge in [0.1, 0.15) is 4.90 Å². The molecule has 0 fully saturated rings. The zero-order valence-corrected chi connectivity index (χ0v) is 13.5. The molecule has 0 spiro atoms. The molecule has 1 heterocycles. The Balaban J connectivity index is 2.02. The fourth-order valence-electron chi connectivity index (χ4n) is 2.03. The quantitative estimate of drug-likeness (QED) is 0.854. The van der Waals surface area contributed by atoms with E-state index in [2.05, 4.69) is 23.6 Å². The van der Waals surface area contributed by atoms with Crippen LogP contribution >= 0.6 is 0 Å². The lowest BCUT2D eigenvalue weighted by atomic mass is 9.99. The predicted octanol–water partition coefficient (Wildman–Crippen LogP) is 2.18. The fourth-order valence-corrected chi connectivity index (χ4v) is 3.06. The van der Waals surface area contributed by atoms with Gasteiger partial charge in [-0.1, -0.05) is 38.1 Å². The van der Waals surface area contributed by atoms with E-state index < -0.39 is 16.1 Å². The van der Waals surface area contributed by atoms with Gasteiger partial charge in [0.25, 0.3) is 0 Å². The van der Waals surface area contributed by atoms with Gasteiger partial charge in [-0.15, -0.1) is 0 Å². The van der Waals surface area contributed by atoms with Gasteiger partial charge in [0.15, 0.2) is 0 Å². The van der Waals surface area contributed by atoms with E-state index in [1.54, 1.807) is 6.07 Å². The van der Waals surface area contributed by atoms with Gasteiger partial charge in [0, 0.05) is 25.0 Å². The molecule has 22 heavy (non-hydrogen) atoms. The molecule has 2 aromatic rings. The second kappa shape index (κ2) is 7.00. The number of rotatable bonds is 6. The molecule has 0 aliphatic heterocycles. The Labute approximate surface area is 131 Å². The first kappa shape index (κ1) is 16.6. The molecule has 0 aliphatic rings. The number of hydrogen-bond donors (Lipinski definition) is 2. The maximum atomic E-state index is 12.1. The third-order valence-electron chi connectivity index (χ3n) is 3.47. The van der Waals surface area contributed by atoms with Gasteiger partial charge in [-0.25, -0.2) is 13.1 Å². The molecule has 0 aliphatic carbocycles. The van der Waals surface area contributed by atoms with Crippen LogP contribution < -0.4 is 10.5 Å². The van der Waals surface area contributed by atoms with Gasteiger partial charge >= 0.3 is 0 Å². The molecule has 0 bridgehead atoms. The molecule has 0 amide bonds. The molecule has 0 saturated heterocycles. The fraction of sp³-hybridized carbons (Fsp3) is 0.312. The van der Waals surface area contributed by atoms with E-state index in [0.29, 0.717) is 5.92 Å². The molecule has 0 radical (unpaired) electrons. The highest BCUT2D eigenvalue weighted by Gasteiger charge is 2.16. The van der Waals surface area contributed by atoms with E-state index in [-0.39, 0.29) is 11.4 Å². The van der Waals surface area contributed by atoms with Gasteiger partial charge in [-0.2, -0.15) is 0 Å². The topological polar surface area (TPSA) is 85.1 Å². The van der Waals surface area contributed by atoms with Crippen LogP contribution in [0, 0.1) is 0 Å². The van der Waals surface area contributed by atoms with Crippen molar-refractivity contribution in [2.24, 2.45) is 5.73 Å². The summed E-state index contributed by atoms with van der Waals surface area (Å²) in [5, 5.41) is 0. The first-order chi connectivity index (χ1) is 10.4. The van der Waals surface area contributed by atoms with Crippen LogP contribution in [0.3, 0.4) is 0 Å². The Morgan fingerprint density at radius 3 is 2.32 bits per heavy atom. The minimum absolute atomic E-state index is 0.136. The van der Waals surface area contributed by atoms with Crippen LogP contribution in [0.25, 0.3) is 0 Å². The molecule has 118 valence electrons. The summed E-state index contributed by atoms with van der Waals surface area (Å²) in [5.41, 5.74) is 8.19. The Kier molecular flexibility index (Phi) is 5.28. The minimum atomic E-state index is -3.58. The normalized spacial score (nSPS) is 13.3. The van der Waals surface area contributed by atoms with Gasteiger partial charge in [-0.3, -0.25) is 4.98 Å². The number of nitrogens with zero attached hydrogens (tertiary/aromatic N) is 1. The predicted molar refractivity (Wildman–Crippen MR) is 86.9 cm³/mol. The van der Waals surface area contributed by atoms with Gasteiger partial charge in [-0.05, 0) is 29.2 Å². The molecule has 1 atom stereocenters. The first-order valence-electron chi connectivity index (χ1n) is 7.15. The van der Waals surface area contributed by atoms with E-state index >= 15 is 0 Å². The summed E-state index contributed by atoms with van der Waals surface area (Å²) in [6, 6.07) is 10.6. The van der Waals surface area contributed by atoms with Crippen molar-refractivity contribution in [2.75, 3.05) is 6.54 Å². The van der Waals surface area contributed by atoms with E-state index in [1.165, 1.54) is 24.0 Å². The van der Waals surface area contributed by atoms with Crippen molar-refractivity contribution in [3.05, 3.63) is 59.9 Å². The summed E-state index contributed by atoms with van der Waals surface area (Å²) in [5.74, 6) is 0.453. The smallest absolute Gasteiger partial charge is 0.242 e. The number of nitrogens with one attached hydrogen (secondary N) is 1. The summed E-state index contributed by atoms with van der Waals surface area (Å²) in [6.07, 6.45) is 2.84. The molecule has 0 saturated carbocycles. The largest absolute Gasteiger partial charge is 0.323 e. The third-order valence-corrected chi connectivity index (χ3v) is 4.88. The highest BCUT2D eigenvalue weighted by molar-refractivity contribution is 7.89. The van der Waals surface area contributed by atoms with Crippen LogP contribution in [0.2, 0.25) is 0 Å². The van der Waals surface area contributed by atoms with Crippen LogP contribution in [0.5, 0.6) is 0 Å². The van der Waals surface area contributed by atoms with Gasteiger partial charge in [0.05, 0.1) is 0 Å². The van der Waals surface area contributed by atoms with Gasteiger partial charge in [0.2, 0.25) is 10.0 Å².